The van der Waals surface area contributed by atoms with Gasteiger partial charge in [0.2, 0.25) is 0 Å². The van der Waals surface area contributed by atoms with Crippen molar-refractivity contribution in [3.8, 4) is 0 Å². The van der Waals surface area contributed by atoms with Gasteiger partial charge >= 0.3 is 0 Å². The van der Waals surface area contributed by atoms with E-state index in [2.05, 4.69) is 27.3 Å². The Labute approximate surface area is 81.3 Å². The summed E-state index contributed by atoms with van der Waals surface area (Å²) in [6, 6.07) is 6.01. The lowest BCUT2D eigenvalue weighted by Crippen LogP contribution is -2.11. The lowest BCUT2D eigenvalue weighted by molar-refractivity contribution is 0.793. The Kier molecular flexibility index (Phi) is 3.56. The van der Waals surface area contributed by atoms with E-state index in [0.29, 0.717) is 0 Å². The molecule has 0 aliphatic carbocycles. The highest BCUT2D eigenvalue weighted by molar-refractivity contribution is 9.10. The number of likely N-dealkylation sites (N-methyl/N-ethyl adjacent to an activating group) is 1. The monoisotopic (exact) mass is 228 g/mol. The van der Waals surface area contributed by atoms with Crippen molar-refractivity contribution in [1.29, 1.82) is 0 Å². The van der Waals surface area contributed by atoms with Gasteiger partial charge in [0.05, 0.1) is 0 Å². The van der Waals surface area contributed by atoms with Crippen molar-refractivity contribution in [2.24, 2.45) is 0 Å². The molecule has 0 aliphatic heterocycles. The van der Waals surface area contributed by atoms with Crippen LogP contribution in [-0.4, -0.2) is 13.6 Å². The normalized spacial score (nSPS) is 10.2. The number of nitrogen functional groups attached to an aromatic ring is 1. The van der Waals surface area contributed by atoms with Gasteiger partial charge in [-0.25, -0.2) is 0 Å². The summed E-state index contributed by atoms with van der Waals surface area (Å²) in [5.41, 5.74) is 7.90. The number of para-hydroxylation sites is 1. The lowest BCUT2D eigenvalue weighted by Gasteiger charge is -2.06. The third kappa shape index (κ3) is 2.22. The molecule has 66 valence electrons. The summed E-state index contributed by atoms with van der Waals surface area (Å²) in [6.45, 7) is 0.959. The van der Waals surface area contributed by atoms with Gasteiger partial charge < -0.3 is 11.1 Å². The quantitative estimate of drug-likeness (QED) is 0.775. The van der Waals surface area contributed by atoms with E-state index in [4.69, 9.17) is 5.73 Å². The van der Waals surface area contributed by atoms with Crippen molar-refractivity contribution < 1.29 is 0 Å². The second kappa shape index (κ2) is 4.48. The van der Waals surface area contributed by atoms with Gasteiger partial charge in [0, 0.05) is 10.2 Å². The van der Waals surface area contributed by atoms with Gasteiger partial charge in [-0.05, 0) is 47.6 Å². The van der Waals surface area contributed by atoms with E-state index in [1.807, 2.05) is 19.2 Å². The van der Waals surface area contributed by atoms with Gasteiger partial charge in [-0.3, -0.25) is 0 Å². The lowest BCUT2D eigenvalue weighted by atomic mass is 10.1. The zero-order chi connectivity index (χ0) is 8.97. The molecule has 1 aromatic rings. The van der Waals surface area contributed by atoms with Crippen LogP contribution in [0, 0.1) is 0 Å². The maximum Gasteiger partial charge on any atom is 0.0491 e. The van der Waals surface area contributed by atoms with Crippen molar-refractivity contribution >= 4 is 21.6 Å². The van der Waals surface area contributed by atoms with Crippen molar-refractivity contribution in [2.45, 2.75) is 6.42 Å². The molecule has 0 radical (unpaired) electrons. The van der Waals surface area contributed by atoms with Crippen LogP contribution in [0.25, 0.3) is 0 Å². The summed E-state index contributed by atoms with van der Waals surface area (Å²) >= 11 is 3.39. The summed E-state index contributed by atoms with van der Waals surface area (Å²) < 4.78 is 0.983. The summed E-state index contributed by atoms with van der Waals surface area (Å²) in [6.07, 6.45) is 0.974. The average molecular weight is 229 g/mol. The third-order valence-corrected chi connectivity index (χ3v) is 2.48. The van der Waals surface area contributed by atoms with Crippen LogP contribution in [0.1, 0.15) is 5.56 Å². The van der Waals surface area contributed by atoms with Crippen LogP contribution in [0.3, 0.4) is 0 Å². The Morgan fingerprint density at radius 1 is 1.50 bits per heavy atom. The molecule has 0 amide bonds. The van der Waals surface area contributed by atoms with Gasteiger partial charge in [-0.15, -0.1) is 0 Å². The fraction of sp³-hybridized carbons (Fsp3) is 0.333. The maximum atomic E-state index is 5.85. The first-order valence-corrected chi connectivity index (χ1v) is 4.72. The number of benzene rings is 1. The fourth-order valence-corrected chi connectivity index (χ4v) is 1.47. The summed E-state index contributed by atoms with van der Waals surface area (Å²) in [4.78, 5) is 0. The molecule has 0 saturated heterocycles. The molecule has 3 heteroatoms. The van der Waals surface area contributed by atoms with Crippen molar-refractivity contribution in [3.63, 3.8) is 0 Å². The van der Waals surface area contributed by atoms with Crippen LogP contribution in [-0.2, 0) is 6.42 Å². The van der Waals surface area contributed by atoms with Crippen molar-refractivity contribution in [1.82, 2.24) is 5.32 Å². The van der Waals surface area contributed by atoms with Crippen LogP contribution in [0.2, 0.25) is 0 Å². The molecule has 0 atom stereocenters. The maximum absolute atomic E-state index is 5.85. The smallest absolute Gasteiger partial charge is 0.0491 e. The Balaban J connectivity index is 2.78. The average Bonchev–Trinajstić information content (AvgIpc) is 2.08. The number of hydrogen-bond donors (Lipinski definition) is 2. The van der Waals surface area contributed by atoms with Gasteiger partial charge in [0.25, 0.3) is 0 Å². The minimum absolute atomic E-state index is 0.854. The third-order valence-electron chi connectivity index (χ3n) is 1.79. The predicted octanol–water partition coefficient (Wildman–Crippen LogP) is 1.79. The van der Waals surface area contributed by atoms with Gasteiger partial charge in [-0.2, -0.15) is 0 Å². The van der Waals surface area contributed by atoms with Gasteiger partial charge in [0.1, 0.15) is 0 Å². The number of rotatable bonds is 3. The second-order valence-corrected chi connectivity index (χ2v) is 3.52. The number of halogens is 1. The first-order chi connectivity index (χ1) is 5.75. The summed E-state index contributed by atoms with van der Waals surface area (Å²) in [5.74, 6) is 0. The predicted molar refractivity (Wildman–Crippen MR) is 56.2 cm³/mol. The van der Waals surface area contributed by atoms with E-state index < -0.39 is 0 Å². The Morgan fingerprint density at radius 2 is 2.25 bits per heavy atom. The molecule has 0 fully saturated rings. The zero-order valence-electron chi connectivity index (χ0n) is 7.10. The SMILES string of the molecule is CNCCc1cccc(Br)c1N. The van der Waals surface area contributed by atoms with Gasteiger partial charge in [-0.1, -0.05) is 12.1 Å². The minimum Gasteiger partial charge on any atom is -0.398 e. The highest BCUT2D eigenvalue weighted by atomic mass is 79.9. The van der Waals surface area contributed by atoms with E-state index in [0.717, 1.165) is 23.1 Å². The van der Waals surface area contributed by atoms with Crippen LogP contribution in [0.5, 0.6) is 0 Å². The highest BCUT2D eigenvalue weighted by Gasteiger charge is 2.00. The molecule has 2 nitrogen and oxygen atoms in total. The van der Waals surface area contributed by atoms with E-state index in [1.54, 1.807) is 0 Å². The molecule has 0 bridgehead atoms. The largest absolute Gasteiger partial charge is 0.398 e. The standard InChI is InChI=1S/C9H13BrN2/c1-12-6-5-7-3-2-4-8(10)9(7)11/h2-4,12H,5-6,11H2,1H3. The Morgan fingerprint density at radius 3 is 2.92 bits per heavy atom. The molecule has 0 heterocycles. The Bertz CT molecular complexity index is 261. The first kappa shape index (κ1) is 9.55. The van der Waals surface area contributed by atoms with E-state index in [1.165, 1.54) is 5.56 Å². The van der Waals surface area contributed by atoms with Crippen LogP contribution in [0.4, 0.5) is 5.69 Å². The summed E-state index contributed by atoms with van der Waals surface area (Å²) in [5, 5.41) is 3.09. The van der Waals surface area contributed by atoms with Gasteiger partial charge in [0.15, 0.2) is 0 Å². The van der Waals surface area contributed by atoms with E-state index in [-0.39, 0.29) is 0 Å². The molecule has 0 saturated carbocycles. The molecule has 0 spiro atoms. The number of nitrogens with two attached hydrogens (primary N) is 1. The molecule has 0 aliphatic rings. The number of anilines is 1. The number of nitrogens with one attached hydrogen (secondary N) is 1. The van der Waals surface area contributed by atoms with E-state index in [9.17, 15) is 0 Å². The molecule has 3 N–H and O–H groups in total. The molecule has 0 aromatic heterocycles. The highest BCUT2D eigenvalue weighted by Crippen LogP contribution is 2.22. The molecule has 1 rings (SSSR count). The molecular formula is C9H13BrN2. The Hall–Kier alpha value is -0.540. The topological polar surface area (TPSA) is 38.0 Å². The van der Waals surface area contributed by atoms with Crippen LogP contribution in [0.15, 0.2) is 22.7 Å². The molecule has 0 unspecified atom stereocenters. The fourth-order valence-electron chi connectivity index (χ4n) is 1.06. The first-order valence-electron chi connectivity index (χ1n) is 3.93. The van der Waals surface area contributed by atoms with Crippen molar-refractivity contribution in [2.75, 3.05) is 19.3 Å². The van der Waals surface area contributed by atoms with Crippen molar-refractivity contribution in [3.05, 3.63) is 28.2 Å². The van der Waals surface area contributed by atoms with E-state index >= 15 is 0 Å². The second-order valence-electron chi connectivity index (χ2n) is 2.67. The summed E-state index contributed by atoms with van der Waals surface area (Å²) in [7, 11) is 1.94. The van der Waals surface area contributed by atoms with Crippen LogP contribution < -0.4 is 11.1 Å². The molecule has 12 heavy (non-hydrogen) atoms. The molecular weight excluding hydrogens is 216 g/mol. The zero-order valence-corrected chi connectivity index (χ0v) is 8.69. The van der Waals surface area contributed by atoms with Crippen LogP contribution >= 0.6 is 15.9 Å². The minimum atomic E-state index is 0.854. The number of hydrogen-bond acceptors (Lipinski definition) is 2. The molecule has 1 aromatic carbocycles.